The lowest BCUT2D eigenvalue weighted by atomic mass is 10.1. The summed E-state index contributed by atoms with van der Waals surface area (Å²) in [7, 11) is 0. The van der Waals surface area contributed by atoms with E-state index >= 15 is 0 Å². The number of alkyl carbamates (subject to hydrolysis) is 1. The van der Waals surface area contributed by atoms with Crippen molar-refractivity contribution >= 4 is 41.1 Å². The third-order valence-corrected chi connectivity index (χ3v) is 6.49. The van der Waals surface area contributed by atoms with Crippen molar-refractivity contribution in [3.63, 3.8) is 0 Å². The van der Waals surface area contributed by atoms with Gasteiger partial charge in [-0.2, -0.15) is 0 Å². The number of unbranched alkanes of at least 4 members (excludes halogenated alkanes) is 8. The zero-order valence-corrected chi connectivity index (χ0v) is 27.8. The number of hydrogen-bond acceptors (Lipinski definition) is 6. The van der Waals surface area contributed by atoms with E-state index in [4.69, 9.17) is 9.47 Å². The van der Waals surface area contributed by atoms with Crippen LogP contribution in [0.15, 0.2) is 48.5 Å². The van der Waals surface area contributed by atoms with Gasteiger partial charge in [-0.15, -0.1) is 0 Å². The van der Waals surface area contributed by atoms with E-state index in [0.29, 0.717) is 35.6 Å². The van der Waals surface area contributed by atoms with Gasteiger partial charge in [0.2, 0.25) is 5.91 Å². The van der Waals surface area contributed by atoms with Crippen LogP contribution in [-0.4, -0.2) is 41.7 Å². The SMILES string of the molecule is CC(C)(C)OC(=O)NCCCCCCCCCCCC(=O)Nc1ccc(C(=O)Nc2ccccc2NC(=O)OC(C)(C)C)cc1. The van der Waals surface area contributed by atoms with Gasteiger partial charge in [0.1, 0.15) is 11.2 Å². The van der Waals surface area contributed by atoms with E-state index in [0.717, 1.165) is 44.9 Å². The van der Waals surface area contributed by atoms with Crippen LogP contribution in [0.3, 0.4) is 0 Å². The summed E-state index contributed by atoms with van der Waals surface area (Å²) in [6, 6.07) is 13.6. The number of ether oxygens (including phenoxy) is 2. The number of carbonyl (C=O) groups is 4. The van der Waals surface area contributed by atoms with Crippen LogP contribution in [0.5, 0.6) is 0 Å². The van der Waals surface area contributed by atoms with E-state index < -0.39 is 17.3 Å². The predicted octanol–water partition coefficient (Wildman–Crippen LogP) is 8.65. The molecule has 0 atom stereocenters. The molecule has 0 saturated carbocycles. The Morgan fingerprint density at radius 2 is 1.07 bits per heavy atom. The van der Waals surface area contributed by atoms with E-state index in [2.05, 4.69) is 21.3 Å². The minimum atomic E-state index is -0.646. The minimum Gasteiger partial charge on any atom is -0.444 e. The van der Waals surface area contributed by atoms with Gasteiger partial charge in [-0.05, 0) is 90.8 Å². The van der Waals surface area contributed by atoms with Crippen LogP contribution in [0.4, 0.5) is 26.7 Å². The van der Waals surface area contributed by atoms with Gasteiger partial charge in [0.25, 0.3) is 5.91 Å². The highest BCUT2D eigenvalue weighted by molar-refractivity contribution is 6.07. The number of para-hydroxylation sites is 2. The third-order valence-electron chi connectivity index (χ3n) is 6.49. The summed E-state index contributed by atoms with van der Waals surface area (Å²) in [5.74, 6) is -0.393. The Balaban J connectivity index is 1.59. The summed E-state index contributed by atoms with van der Waals surface area (Å²) < 4.78 is 10.5. The third kappa shape index (κ3) is 17.1. The summed E-state index contributed by atoms with van der Waals surface area (Å²) in [6.45, 7) is 11.5. The molecule has 0 aliphatic rings. The smallest absolute Gasteiger partial charge is 0.412 e. The summed E-state index contributed by atoms with van der Waals surface area (Å²) in [5, 5.41) is 11.2. The molecule has 0 radical (unpaired) electrons. The second-order valence-electron chi connectivity index (χ2n) is 13.1. The molecule has 0 aliphatic carbocycles. The van der Waals surface area contributed by atoms with Crippen LogP contribution in [0.25, 0.3) is 0 Å². The maximum Gasteiger partial charge on any atom is 0.412 e. The van der Waals surface area contributed by atoms with E-state index in [1.165, 1.54) is 12.8 Å². The first-order valence-electron chi connectivity index (χ1n) is 16.0. The molecule has 0 spiro atoms. The van der Waals surface area contributed by atoms with Crippen LogP contribution >= 0.6 is 0 Å². The molecule has 0 fully saturated rings. The average Bonchev–Trinajstić information content (AvgIpc) is 2.93. The van der Waals surface area contributed by atoms with Gasteiger partial charge >= 0.3 is 12.2 Å². The van der Waals surface area contributed by atoms with Crippen molar-refractivity contribution < 1.29 is 28.7 Å². The first-order valence-corrected chi connectivity index (χ1v) is 16.0. The number of benzene rings is 2. The molecule has 2 rings (SSSR count). The lowest BCUT2D eigenvalue weighted by Crippen LogP contribution is -2.32. The lowest BCUT2D eigenvalue weighted by Gasteiger charge is -2.20. The van der Waals surface area contributed by atoms with Gasteiger partial charge in [0.05, 0.1) is 11.4 Å². The number of hydrogen-bond donors (Lipinski definition) is 4. The molecule has 248 valence electrons. The molecular weight excluding hydrogens is 572 g/mol. The van der Waals surface area contributed by atoms with E-state index in [1.807, 2.05) is 20.8 Å². The second kappa shape index (κ2) is 18.7. The fourth-order valence-electron chi connectivity index (χ4n) is 4.39. The Kier molecular flexibility index (Phi) is 15.4. The molecule has 0 unspecified atom stereocenters. The van der Waals surface area contributed by atoms with E-state index in [9.17, 15) is 19.2 Å². The monoisotopic (exact) mass is 624 g/mol. The van der Waals surface area contributed by atoms with Crippen molar-refractivity contribution in [3.8, 4) is 0 Å². The predicted molar refractivity (Wildman–Crippen MR) is 180 cm³/mol. The first kappa shape index (κ1) is 37.1. The van der Waals surface area contributed by atoms with Gasteiger partial charge in [-0.1, -0.05) is 57.1 Å². The molecule has 4 N–H and O–H groups in total. The topological polar surface area (TPSA) is 135 Å². The number of anilines is 3. The van der Waals surface area contributed by atoms with Gasteiger partial charge in [-0.3, -0.25) is 14.9 Å². The first-order chi connectivity index (χ1) is 21.2. The Bertz CT molecular complexity index is 1230. The van der Waals surface area contributed by atoms with Gasteiger partial charge in [0.15, 0.2) is 0 Å². The number of amides is 4. The highest BCUT2D eigenvalue weighted by Crippen LogP contribution is 2.23. The lowest BCUT2D eigenvalue weighted by molar-refractivity contribution is -0.116. The van der Waals surface area contributed by atoms with Crippen LogP contribution < -0.4 is 21.3 Å². The molecule has 2 aromatic rings. The van der Waals surface area contributed by atoms with Crippen LogP contribution in [0.1, 0.15) is 116 Å². The summed E-state index contributed by atoms with van der Waals surface area (Å²) in [5.41, 5.74) is 0.791. The van der Waals surface area contributed by atoms with Gasteiger partial charge < -0.3 is 25.4 Å². The number of carbonyl (C=O) groups excluding carboxylic acids is 4. The Hall–Kier alpha value is -4.08. The van der Waals surface area contributed by atoms with Crippen molar-refractivity contribution in [2.24, 2.45) is 0 Å². The summed E-state index contributed by atoms with van der Waals surface area (Å²) in [4.78, 5) is 49.0. The Labute approximate surface area is 268 Å². The van der Waals surface area contributed by atoms with Crippen molar-refractivity contribution in [1.29, 1.82) is 0 Å². The van der Waals surface area contributed by atoms with E-state index in [1.54, 1.807) is 69.3 Å². The summed E-state index contributed by atoms with van der Waals surface area (Å²) in [6.07, 6.45) is 9.13. The summed E-state index contributed by atoms with van der Waals surface area (Å²) >= 11 is 0. The van der Waals surface area contributed by atoms with Gasteiger partial charge in [-0.25, -0.2) is 9.59 Å². The van der Waals surface area contributed by atoms with Gasteiger partial charge in [0, 0.05) is 24.2 Å². The fourth-order valence-corrected chi connectivity index (χ4v) is 4.39. The average molecular weight is 625 g/mol. The maximum absolute atomic E-state index is 12.8. The van der Waals surface area contributed by atoms with Crippen molar-refractivity contribution in [1.82, 2.24) is 5.32 Å². The minimum absolute atomic E-state index is 0.0469. The molecule has 4 amide bonds. The van der Waals surface area contributed by atoms with E-state index in [-0.39, 0.29) is 17.9 Å². The molecule has 45 heavy (non-hydrogen) atoms. The number of rotatable bonds is 16. The van der Waals surface area contributed by atoms with Crippen LogP contribution in [-0.2, 0) is 14.3 Å². The molecular formula is C35H52N4O6. The molecule has 0 aromatic heterocycles. The zero-order valence-electron chi connectivity index (χ0n) is 27.8. The Morgan fingerprint density at radius 1 is 0.578 bits per heavy atom. The molecule has 0 saturated heterocycles. The second-order valence-corrected chi connectivity index (χ2v) is 13.1. The van der Waals surface area contributed by atoms with Crippen molar-refractivity contribution in [2.45, 2.75) is 117 Å². The Morgan fingerprint density at radius 3 is 1.62 bits per heavy atom. The van der Waals surface area contributed by atoms with Crippen LogP contribution in [0, 0.1) is 0 Å². The largest absolute Gasteiger partial charge is 0.444 e. The normalized spacial score (nSPS) is 11.3. The molecule has 0 bridgehead atoms. The molecule has 2 aromatic carbocycles. The molecule has 0 aliphatic heterocycles. The number of nitrogens with one attached hydrogen (secondary N) is 4. The quantitative estimate of drug-likeness (QED) is 0.138. The van der Waals surface area contributed by atoms with Crippen molar-refractivity contribution in [2.75, 3.05) is 22.5 Å². The van der Waals surface area contributed by atoms with Crippen molar-refractivity contribution in [3.05, 3.63) is 54.1 Å². The van der Waals surface area contributed by atoms with Crippen LogP contribution in [0.2, 0.25) is 0 Å². The highest BCUT2D eigenvalue weighted by atomic mass is 16.6. The molecule has 10 nitrogen and oxygen atoms in total. The highest BCUT2D eigenvalue weighted by Gasteiger charge is 2.18. The molecule has 10 heteroatoms. The molecule has 0 heterocycles. The maximum atomic E-state index is 12.8. The standard InChI is InChI=1S/C35H52N4O6/c1-34(2,3)44-32(42)36-25-17-13-11-9-7-8-10-12-14-20-30(40)37-27-23-21-26(22-24-27)31(41)38-28-18-15-16-19-29(28)39-33(43)45-35(4,5)6/h15-16,18-19,21-24H,7-14,17,20,25H2,1-6H3,(H,36,42)(H,37,40)(H,38,41)(H,39,43). The zero-order chi connectivity index (χ0) is 33.3. The fraction of sp³-hybridized carbons (Fsp3) is 0.543.